The van der Waals surface area contributed by atoms with Crippen molar-refractivity contribution in [3.8, 4) is 11.5 Å². The van der Waals surface area contributed by atoms with Gasteiger partial charge >= 0.3 is 0 Å². The number of ether oxygens (including phenoxy) is 2. The predicted molar refractivity (Wildman–Crippen MR) is 96.6 cm³/mol. The first-order valence-corrected chi connectivity index (χ1v) is 8.58. The van der Waals surface area contributed by atoms with Gasteiger partial charge in [-0.3, -0.25) is 9.78 Å². The van der Waals surface area contributed by atoms with Crippen LogP contribution in [0.5, 0.6) is 11.5 Å². The van der Waals surface area contributed by atoms with Crippen molar-refractivity contribution in [2.45, 2.75) is 26.3 Å². The van der Waals surface area contributed by atoms with E-state index in [1.807, 2.05) is 25.1 Å². The van der Waals surface area contributed by atoms with Gasteiger partial charge in [0.15, 0.2) is 11.5 Å². The quantitative estimate of drug-likeness (QED) is 0.736. The van der Waals surface area contributed by atoms with Crippen molar-refractivity contribution in [3.05, 3.63) is 45.4 Å². The summed E-state index contributed by atoms with van der Waals surface area (Å²) in [7, 11) is 1.62. The molecule has 0 amide bonds. The smallest absolute Gasteiger partial charge is 0.255 e. The molecule has 0 atom stereocenters. The number of hydrogen-bond acceptors (Lipinski definition) is 6. The highest BCUT2D eigenvalue weighted by Gasteiger charge is 2.15. The van der Waals surface area contributed by atoms with E-state index in [1.165, 1.54) is 0 Å². The van der Waals surface area contributed by atoms with Crippen molar-refractivity contribution < 1.29 is 9.47 Å². The largest absolute Gasteiger partial charge is 0.493 e. The molecule has 1 aliphatic heterocycles. The maximum atomic E-state index is 12.3. The zero-order chi connectivity index (χ0) is 17.6. The zero-order valence-corrected chi connectivity index (χ0v) is 14.6. The number of aromatic amines is 1. The van der Waals surface area contributed by atoms with Gasteiger partial charge in [-0.1, -0.05) is 12.1 Å². The average molecular weight is 344 g/mol. The van der Waals surface area contributed by atoms with E-state index in [1.54, 1.807) is 7.11 Å². The first-order chi connectivity index (χ1) is 12.2. The van der Waals surface area contributed by atoms with Crippen LogP contribution < -0.4 is 25.7 Å². The van der Waals surface area contributed by atoms with E-state index in [4.69, 9.17) is 9.47 Å². The third-order valence-electron chi connectivity index (χ3n) is 4.21. The lowest BCUT2D eigenvalue weighted by molar-refractivity contribution is 0.308. The van der Waals surface area contributed by atoms with E-state index >= 15 is 0 Å². The number of anilines is 1. The molecule has 0 aliphatic carbocycles. The summed E-state index contributed by atoms with van der Waals surface area (Å²) < 4.78 is 11.1. The molecule has 7 nitrogen and oxygen atoms in total. The Morgan fingerprint density at radius 1 is 1.28 bits per heavy atom. The third kappa shape index (κ3) is 3.93. The third-order valence-corrected chi connectivity index (χ3v) is 4.21. The molecule has 1 aromatic carbocycles. The average Bonchev–Trinajstić information content (AvgIpc) is 2.87. The van der Waals surface area contributed by atoms with Crippen molar-refractivity contribution in [3.63, 3.8) is 0 Å². The van der Waals surface area contributed by atoms with Crippen LogP contribution in [-0.2, 0) is 19.4 Å². The molecule has 0 spiro atoms. The van der Waals surface area contributed by atoms with E-state index in [0.29, 0.717) is 37.0 Å². The van der Waals surface area contributed by atoms with Crippen LogP contribution in [0.3, 0.4) is 0 Å². The summed E-state index contributed by atoms with van der Waals surface area (Å²) in [6.45, 7) is 4.61. The molecule has 0 fully saturated rings. The number of H-pyrrole nitrogens is 1. The lowest BCUT2D eigenvalue weighted by Gasteiger charge is -2.15. The highest BCUT2D eigenvalue weighted by Crippen LogP contribution is 2.31. The van der Waals surface area contributed by atoms with E-state index in [-0.39, 0.29) is 5.56 Å². The Kier molecular flexibility index (Phi) is 5.55. The van der Waals surface area contributed by atoms with Crippen molar-refractivity contribution in [1.29, 1.82) is 0 Å². The maximum absolute atomic E-state index is 12.3. The molecule has 1 aliphatic rings. The Balaban J connectivity index is 1.81. The van der Waals surface area contributed by atoms with Crippen LogP contribution in [0, 0.1) is 0 Å². The molecular formula is C18H24N4O3. The van der Waals surface area contributed by atoms with Crippen LogP contribution in [0.4, 0.5) is 5.95 Å². The summed E-state index contributed by atoms with van der Waals surface area (Å²) >= 11 is 0. The molecule has 1 aromatic heterocycles. The molecule has 134 valence electrons. The first-order valence-electron chi connectivity index (χ1n) is 8.58. The minimum absolute atomic E-state index is 0.0631. The molecule has 0 bridgehead atoms. The monoisotopic (exact) mass is 344 g/mol. The molecule has 0 unspecified atom stereocenters. The minimum Gasteiger partial charge on any atom is -0.493 e. The normalized spacial score (nSPS) is 13.7. The van der Waals surface area contributed by atoms with E-state index in [9.17, 15) is 4.79 Å². The molecular weight excluding hydrogens is 320 g/mol. The van der Waals surface area contributed by atoms with E-state index in [2.05, 4.69) is 20.6 Å². The number of nitrogens with one attached hydrogen (secondary N) is 3. The van der Waals surface area contributed by atoms with Gasteiger partial charge in [-0.25, -0.2) is 4.98 Å². The van der Waals surface area contributed by atoms with Gasteiger partial charge < -0.3 is 20.1 Å². The molecule has 25 heavy (non-hydrogen) atoms. The van der Waals surface area contributed by atoms with Crippen molar-refractivity contribution in [2.75, 3.05) is 32.1 Å². The lowest BCUT2D eigenvalue weighted by atomic mass is 10.1. The first kappa shape index (κ1) is 17.3. The van der Waals surface area contributed by atoms with Crippen LogP contribution in [0.2, 0.25) is 0 Å². The summed E-state index contributed by atoms with van der Waals surface area (Å²) in [4.78, 5) is 19.7. The summed E-state index contributed by atoms with van der Waals surface area (Å²) in [5, 5.41) is 6.49. The van der Waals surface area contributed by atoms with Crippen LogP contribution in [0.1, 0.15) is 23.7 Å². The number of hydrogen-bond donors (Lipinski definition) is 3. The number of rotatable bonds is 6. The molecule has 3 rings (SSSR count). The second-order valence-electron chi connectivity index (χ2n) is 5.82. The number of para-hydroxylation sites is 1. The highest BCUT2D eigenvalue weighted by molar-refractivity contribution is 5.48. The van der Waals surface area contributed by atoms with Gasteiger partial charge in [0.25, 0.3) is 5.56 Å². The van der Waals surface area contributed by atoms with Gasteiger partial charge in [0, 0.05) is 30.6 Å². The second kappa shape index (κ2) is 8.02. The van der Waals surface area contributed by atoms with Gasteiger partial charge in [0.2, 0.25) is 5.95 Å². The summed E-state index contributed by atoms with van der Waals surface area (Å²) in [5.41, 5.74) is 2.53. The highest BCUT2D eigenvalue weighted by atomic mass is 16.5. The van der Waals surface area contributed by atoms with Crippen LogP contribution in [0.25, 0.3) is 0 Å². The van der Waals surface area contributed by atoms with Gasteiger partial charge in [0.05, 0.1) is 19.4 Å². The predicted octanol–water partition coefficient (Wildman–Crippen LogP) is 1.48. The number of fused-ring (bicyclic) bond motifs is 1. The Hall–Kier alpha value is -2.54. The Bertz CT molecular complexity index is 788. The number of aromatic nitrogens is 2. The van der Waals surface area contributed by atoms with Crippen molar-refractivity contribution in [2.24, 2.45) is 0 Å². The van der Waals surface area contributed by atoms with Crippen LogP contribution >= 0.6 is 0 Å². The molecule has 0 saturated carbocycles. The molecule has 0 radical (unpaired) electrons. The molecule has 2 heterocycles. The van der Waals surface area contributed by atoms with Gasteiger partial charge in [-0.05, 0) is 26.0 Å². The fourth-order valence-corrected chi connectivity index (χ4v) is 2.99. The Morgan fingerprint density at radius 2 is 2.12 bits per heavy atom. The summed E-state index contributed by atoms with van der Waals surface area (Å²) in [6.07, 6.45) is 1.47. The maximum Gasteiger partial charge on any atom is 0.255 e. The fraction of sp³-hybridized carbons (Fsp3) is 0.444. The zero-order valence-electron chi connectivity index (χ0n) is 14.6. The SMILES string of the molecule is CCOc1c(CNc2nc3c(c(=O)[nH]2)CCNCC3)cccc1OC. The molecule has 7 heteroatoms. The number of benzene rings is 1. The summed E-state index contributed by atoms with van der Waals surface area (Å²) in [5.74, 6) is 1.88. The van der Waals surface area contributed by atoms with Crippen molar-refractivity contribution >= 4 is 5.95 Å². The number of nitrogens with zero attached hydrogens (tertiary/aromatic N) is 1. The van der Waals surface area contributed by atoms with Crippen molar-refractivity contribution in [1.82, 2.24) is 15.3 Å². The fourth-order valence-electron chi connectivity index (χ4n) is 2.99. The molecule has 3 N–H and O–H groups in total. The molecule has 0 saturated heterocycles. The van der Waals surface area contributed by atoms with Crippen LogP contribution in [0.15, 0.2) is 23.0 Å². The standard InChI is InChI=1S/C18H24N4O3/c1-3-25-16-12(5-4-6-15(16)24-2)11-20-18-21-14-8-10-19-9-7-13(14)17(23)22-18/h4-6,19H,3,7-11H2,1-2H3,(H2,20,21,22,23). The Morgan fingerprint density at radius 3 is 2.92 bits per heavy atom. The van der Waals surface area contributed by atoms with Crippen LogP contribution in [-0.4, -0.2) is 36.8 Å². The van der Waals surface area contributed by atoms with E-state index in [0.717, 1.165) is 36.3 Å². The van der Waals surface area contributed by atoms with Gasteiger partial charge in [0.1, 0.15) is 0 Å². The molecule has 2 aromatic rings. The second-order valence-corrected chi connectivity index (χ2v) is 5.82. The minimum atomic E-state index is -0.0631. The van der Waals surface area contributed by atoms with E-state index < -0.39 is 0 Å². The summed E-state index contributed by atoms with van der Waals surface area (Å²) in [6, 6.07) is 5.74. The lowest BCUT2D eigenvalue weighted by Crippen LogP contribution is -2.21. The van der Waals surface area contributed by atoms with Gasteiger partial charge in [-0.2, -0.15) is 0 Å². The van der Waals surface area contributed by atoms with Gasteiger partial charge in [-0.15, -0.1) is 0 Å². The number of methoxy groups -OCH3 is 1. The Labute approximate surface area is 146 Å². The topological polar surface area (TPSA) is 88.3 Å².